The van der Waals surface area contributed by atoms with E-state index in [2.05, 4.69) is 11.6 Å². The van der Waals surface area contributed by atoms with Crippen LogP contribution < -0.4 is 11.2 Å². The van der Waals surface area contributed by atoms with E-state index in [-0.39, 0.29) is 5.56 Å². The van der Waals surface area contributed by atoms with Gasteiger partial charge in [-0.05, 0) is 30.7 Å². The van der Waals surface area contributed by atoms with Crippen molar-refractivity contribution in [2.24, 2.45) is 0 Å². The molecule has 4 aromatic rings. The van der Waals surface area contributed by atoms with Gasteiger partial charge in [-0.1, -0.05) is 54.1 Å². The van der Waals surface area contributed by atoms with Crippen LogP contribution in [0.2, 0.25) is 5.02 Å². The molecule has 0 spiro atoms. The van der Waals surface area contributed by atoms with Crippen LogP contribution in [0.3, 0.4) is 0 Å². The molecule has 0 N–H and O–H groups in total. The Kier molecular flexibility index (Phi) is 4.94. The van der Waals surface area contributed by atoms with Gasteiger partial charge in [-0.25, -0.2) is 14.3 Å². The van der Waals surface area contributed by atoms with Crippen molar-refractivity contribution in [2.45, 2.75) is 19.5 Å². The average Bonchev–Trinajstić information content (AvgIpc) is 3.13. The number of aromatic nitrogens is 4. The predicted molar refractivity (Wildman–Crippen MR) is 115 cm³/mol. The standard InChI is InChI=1S/C22H19ClN4O2/c1-3-12-25-14-24-20-19(25)21(28)26(15(2)16-8-5-4-6-9-16)22(29)27(20)18-11-7-10-17(23)13-18/h3-11,13-15H,1,12H2,2H3/t15-/m1/s1. The van der Waals surface area contributed by atoms with Crippen molar-refractivity contribution in [3.8, 4) is 5.69 Å². The lowest BCUT2D eigenvalue weighted by molar-refractivity contribution is 0.569. The largest absolute Gasteiger partial charge is 0.337 e. The van der Waals surface area contributed by atoms with Gasteiger partial charge in [-0.2, -0.15) is 0 Å². The summed E-state index contributed by atoms with van der Waals surface area (Å²) >= 11 is 6.16. The summed E-state index contributed by atoms with van der Waals surface area (Å²) in [5.74, 6) is 0. The number of hydrogen-bond donors (Lipinski definition) is 0. The van der Waals surface area contributed by atoms with Crippen LogP contribution in [0.15, 0.2) is 83.2 Å². The first-order valence-corrected chi connectivity index (χ1v) is 9.55. The van der Waals surface area contributed by atoms with E-state index in [9.17, 15) is 9.59 Å². The van der Waals surface area contributed by atoms with Crippen molar-refractivity contribution in [1.29, 1.82) is 0 Å². The zero-order valence-electron chi connectivity index (χ0n) is 15.8. The fourth-order valence-electron chi connectivity index (χ4n) is 3.50. The van der Waals surface area contributed by atoms with E-state index in [1.54, 1.807) is 41.2 Å². The van der Waals surface area contributed by atoms with Crippen LogP contribution in [-0.4, -0.2) is 18.7 Å². The molecule has 0 saturated carbocycles. The Balaban J connectivity index is 2.11. The van der Waals surface area contributed by atoms with E-state index in [0.717, 1.165) is 5.56 Å². The molecule has 4 rings (SSSR count). The molecule has 1 atom stereocenters. The van der Waals surface area contributed by atoms with Gasteiger partial charge < -0.3 is 4.57 Å². The minimum absolute atomic E-state index is 0.292. The summed E-state index contributed by atoms with van der Waals surface area (Å²) in [5, 5.41) is 0.488. The quantitative estimate of drug-likeness (QED) is 0.473. The van der Waals surface area contributed by atoms with Crippen LogP contribution in [0.5, 0.6) is 0 Å². The second-order valence-corrected chi connectivity index (χ2v) is 7.15. The van der Waals surface area contributed by atoms with Gasteiger partial charge in [0.2, 0.25) is 0 Å². The first-order valence-electron chi connectivity index (χ1n) is 9.17. The van der Waals surface area contributed by atoms with E-state index in [1.807, 2.05) is 37.3 Å². The van der Waals surface area contributed by atoms with Crippen molar-refractivity contribution >= 4 is 22.8 Å². The van der Waals surface area contributed by atoms with Gasteiger partial charge in [0.05, 0.1) is 18.1 Å². The van der Waals surface area contributed by atoms with Crippen molar-refractivity contribution in [1.82, 2.24) is 18.7 Å². The lowest BCUT2D eigenvalue weighted by atomic mass is 10.1. The van der Waals surface area contributed by atoms with E-state index >= 15 is 0 Å². The summed E-state index contributed by atoms with van der Waals surface area (Å²) in [6.07, 6.45) is 3.23. The maximum Gasteiger partial charge on any atom is 0.337 e. The van der Waals surface area contributed by atoms with E-state index in [0.29, 0.717) is 28.4 Å². The van der Waals surface area contributed by atoms with E-state index in [1.165, 1.54) is 9.13 Å². The van der Waals surface area contributed by atoms with Gasteiger partial charge in [-0.3, -0.25) is 9.36 Å². The number of benzene rings is 2. The number of rotatable bonds is 5. The molecule has 0 bridgehead atoms. The third-order valence-corrected chi connectivity index (χ3v) is 5.15. The Morgan fingerprint density at radius 1 is 1.14 bits per heavy atom. The van der Waals surface area contributed by atoms with Crippen molar-refractivity contribution < 1.29 is 0 Å². The molecule has 2 aromatic heterocycles. The second kappa shape index (κ2) is 7.56. The van der Waals surface area contributed by atoms with Gasteiger partial charge in [0.25, 0.3) is 5.56 Å². The molecule has 0 aliphatic rings. The zero-order chi connectivity index (χ0) is 20.5. The van der Waals surface area contributed by atoms with Crippen LogP contribution in [0.25, 0.3) is 16.9 Å². The monoisotopic (exact) mass is 406 g/mol. The predicted octanol–water partition coefficient (Wildman–Crippen LogP) is 3.80. The third-order valence-electron chi connectivity index (χ3n) is 4.91. The molecule has 0 radical (unpaired) electrons. The highest BCUT2D eigenvalue weighted by Gasteiger charge is 2.22. The van der Waals surface area contributed by atoms with Gasteiger partial charge in [0.15, 0.2) is 11.2 Å². The third kappa shape index (κ3) is 3.21. The normalized spacial score (nSPS) is 12.2. The SMILES string of the molecule is C=CCn1cnc2c1c(=O)n([C@H](C)c1ccccc1)c(=O)n2-c1cccc(Cl)c1. The maximum absolute atomic E-state index is 13.5. The Labute approximate surface area is 171 Å². The molecule has 29 heavy (non-hydrogen) atoms. The molecule has 0 aliphatic carbocycles. The number of hydrogen-bond acceptors (Lipinski definition) is 3. The highest BCUT2D eigenvalue weighted by atomic mass is 35.5. The molecule has 0 amide bonds. The van der Waals surface area contributed by atoms with E-state index in [4.69, 9.17) is 11.6 Å². The summed E-state index contributed by atoms with van der Waals surface area (Å²) in [6.45, 7) is 5.98. The van der Waals surface area contributed by atoms with Crippen LogP contribution in [0, 0.1) is 0 Å². The Hall–Kier alpha value is -3.38. The van der Waals surface area contributed by atoms with Gasteiger partial charge in [0, 0.05) is 11.6 Å². The molecule has 7 heteroatoms. The van der Waals surface area contributed by atoms with Gasteiger partial charge in [0.1, 0.15) is 0 Å². The summed E-state index contributed by atoms with van der Waals surface area (Å²) in [5.41, 5.74) is 1.18. The topological polar surface area (TPSA) is 61.8 Å². The Morgan fingerprint density at radius 3 is 2.59 bits per heavy atom. The second-order valence-electron chi connectivity index (χ2n) is 6.72. The van der Waals surface area contributed by atoms with Crippen molar-refractivity contribution in [3.05, 3.63) is 105 Å². The van der Waals surface area contributed by atoms with Crippen LogP contribution in [-0.2, 0) is 6.54 Å². The summed E-state index contributed by atoms with van der Waals surface area (Å²) in [7, 11) is 0. The highest BCUT2D eigenvalue weighted by molar-refractivity contribution is 6.30. The van der Waals surface area contributed by atoms with Gasteiger partial charge in [-0.15, -0.1) is 6.58 Å². The minimum atomic E-state index is -0.468. The average molecular weight is 407 g/mol. The molecule has 2 aromatic carbocycles. The zero-order valence-corrected chi connectivity index (χ0v) is 16.6. The maximum atomic E-state index is 13.5. The number of allylic oxidation sites excluding steroid dienone is 1. The molecule has 146 valence electrons. The number of fused-ring (bicyclic) bond motifs is 1. The van der Waals surface area contributed by atoms with Crippen molar-refractivity contribution in [3.63, 3.8) is 0 Å². The van der Waals surface area contributed by atoms with Crippen LogP contribution in [0.1, 0.15) is 18.5 Å². The molecule has 0 unspecified atom stereocenters. The lowest BCUT2D eigenvalue weighted by Gasteiger charge is -2.18. The van der Waals surface area contributed by atoms with Crippen molar-refractivity contribution in [2.75, 3.05) is 0 Å². The number of halogens is 1. The molecule has 2 heterocycles. The fraction of sp³-hybridized carbons (Fsp3) is 0.136. The smallest absolute Gasteiger partial charge is 0.321 e. The van der Waals surface area contributed by atoms with Crippen LogP contribution in [0.4, 0.5) is 0 Å². The molecule has 0 saturated heterocycles. The molecule has 0 fully saturated rings. The summed E-state index contributed by atoms with van der Waals surface area (Å²) < 4.78 is 4.39. The number of nitrogens with zero attached hydrogens (tertiary/aromatic N) is 4. The molecule has 6 nitrogen and oxygen atoms in total. The fourth-order valence-corrected chi connectivity index (χ4v) is 3.69. The van der Waals surface area contributed by atoms with E-state index < -0.39 is 11.7 Å². The molecular formula is C22H19ClN4O2. The summed E-state index contributed by atoms with van der Waals surface area (Å²) in [4.78, 5) is 31.3. The van der Waals surface area contributed by atoms with Crippen LogP contribution >= 0.6 is 11.6 Å². The first-order chi connectivity index (χ1) is 14.0. The first kappa shape index (κ1) is 19.0. The Bertz CT molecular complexity index is 1320. The minimum Gasteiger partial charge on any atom is -0.321 e. The lowest BCUT2D eigenvalue weighted by Crippen LogP contribution is -2.42. The number of imidazole rings is 1. The highest BCUT2D eigenvalue weighted by Crippen LogP contribution is 2.19. The van der Waals surface area contributed by atoms with Gasteiger partial charge >= 0.3 is 5.69 Å². The Morgan fingerprint density at radius 2 is 1.90 bits per heavy atom. The summed E-state index contributed by atoms with van der Waals surface area (Å²) in [6, 6.07) is 15.9. The molecular weight excluding hydrogens is 388 g/mol. The molecule has 0 aliphatic heterocycles.